The second-order valence-electron chi connectivity index (χ2n) is 8.86. The molecule has 0 saturated carbocycles. The molecule has 7 aromatic carbocycles. The molecule has 0 heterocycles. The Labute approximate surface area is 196 Å². The Hall–Kier alpha value is -4.30. The van der Waals surface area contributed by atoms with Crippen molar-refractivity contribution in [1.29, 1.82) is 0 Å². The molecular formula is C32H22O2. The zero-order valence-electron chi connectivity index (χ0n) is 19.1. The van der Waals surface area contributed by atoms with Gasteiger partial charge in [-0.05, 0) is 77.4 Å². The van der Waals surface area contributed by atoms with Crippen molar-refractivity contribution in [2.24, 2.45) is 0 Å². The highest BCUT2D eigenvalue weighted by Crippen LogP contribution is 2.42. The van der Waals surface area contributed by atoms with Crippen LogP contribution in [-0.4, -0.2) is 14.2 Å². The third-order valence-corrected chi connectivity index (χ3v) is 7.19. The molecule has 162 valence electrons. The van der Waals surface area contributed by atoms with Crippen LogP contribution in [0.25, 0.3) is 64.6 Å². The first kappa shape index (κ1) is 19.2. The molecule has 0 unspecified atom stereocenters. The topological polar surface area (TPSA) is 18.5 Å². The Morgan fingerprint density at radius 1 is 0.412 bits per heavy atom. The quantitative estimate of drug-likeness (QED) is 0.252. The fourth-order valence-electron chi connectivity index (χ4n) is 5.61. The van der Waals surface area contributed by atoms with Gasteiger partial charge in [0.2, 0.25) is 0 Å². The van der Waals surface area contributed by atoms with Crippen molar-refractivity contribution < 1.29 is 9.47 Å². The van der Waals surface area contributed by atoms with Crippen LogP contribution in [0, 0.1) is 0 Å². The zero-order valence-corrected chi connectivity index (χ0v) is 19.1. The lowest BCUT2D eigenvalue weighted by atomic mass is 9.89. The Balaban J connectivity index is 1.83. The first-order chi connectivity index (χ1) is 16.8. The van der Waals surface area contributed by atoms with Crippen molar-refractivity contribution in [3.8, 4) is 11.5 Å². The van der Waals surface area contributed by atoms with Gasteiger partial charge in [0.25, 0.3) is 0 Å². The molecule has 7 rings (SSSR count). The maximum atomic E-state index is 5.72. The van der Waals surface area contributed by atoms with Gasteiger partial charge in [-0.2, -0.15) is 0 Å². The Bertz CT molecular complexity index is 1850. The Kier molecular flexibility index (Phi) is 4.01. The smallest absolute Gasteiger partial charge is 0.126 e. The molecule has 0 radical (unpaired) electrons. The highest BCUT2D eigenvalue weighted by atomic mass is 16.5. The Morgan fingerprint density at radius 3 is 1.56 bits per heavy atom. The molecule has 2 nitrogen and oxygen atoms in total. The van der Waals surface area contributed by atoms with E-state index >= 15 is 0 Å². The van der Waals surface area contributed by atoms with Crippen LogP contribution in [0.3, 0.4) is 0 Å². The van der Waals surface area contributed by atoms with E-state index in [0.717, 1.165) is 16.9 Å². The molecule has 0 N–H and O–H groups in total. The maximum absolute atomic E-state index is 5.72. The number of benzene rings is 7. The minimum Gasteiger partial charge on any atom is -0.497 e. The average molecular weight is 439 g/mol. The summed E-state index contributed by atoms with van der Waals surface area (Å²) >= 11 is 0. The second kappa shape index (κ2) is 7.10. The molecule has 7 aromatic rings. The van der Waals surface area contributed by atoms with Crippen LogP contribution < -0.4 is 9.47 Å². The predicted molar refractivity (Wildman–Crippen MR) is 145 cm³/mol. The first-order valence-corrected chi connectivity index (χ1v) is 11.5. The van der Waals surface area contributed by atoms with Crippen molar-refractivity contribution in [2.75, 3.05) is 14.2 Å². The van der Waals surface area contributed by atoms with E-state index in [1.54, 1.807) is 14.2 Å². The minimum atomic E-state index is 0.872. The normalized spacial score (nSPS) is 11.8. The van der Waals surface area contributed by atoms with Crippen LogP contribution in [0.15, 0.2) is 97.1 Å². The molecule has 0 aliphatic rings. The summed E-state index contributed by atoms with van der Waals surface area (Å²) in [7, 11) is 3.47. The summed E-state index contributed by atoms with van der Waals surface area (Å²) in [5, 5.41) is 14.8. The molecule has 0 aromatic heterocycles. The largest absolute Gasteiger partial charge is 0.497 e. The summed E-state index contributed by atoms with van der Waals surface area (Å²) in [5.74, 6) is 1.77. The van der Waals surface area contributed by atoms with Gasteiger partial charge in [-0.25, -0.2) is 0 Å². The molecule has 0 aliphatic carbocycles. The maximum Gasteiger partial charge on any atom is 0.126 e. The third kappa shape index (κ3) is 2.57. The van der Waals surface area contributed by atoms with Crippen molar-refractivity contribution in [3.63, 3.8) is 0 Å². The van der Waals surface area contributed by atoms with Gasteiger partial charge < -0.3 is 9.47 Å². The summed E-state index contributed by atoms with van der Waals surface area (Å²) < 4.78 is 11.3. The Morgan fingerprint density at radius 2 is 0.941 bits per heavy atom. The van der Waals surface area contributed by atoms with E-state index in [9.17, 15) is 0 Å². The van der Waals surface area contributed by atoms with E-state index in [1.165, 1.54) is 59.2 Å². The van der Waals surface area contributed by atoms with Gasteiger partial charge in [0, 0.05) is 5.39 Å². The first-order valence-electron chi connectivity index (χ1n) is 11.5. The van der Waals surface area contributed by atoms with Crippen LogP contribution in [0.5, 0.6) is 11.5 Å². The fourth-order valence-corrected chi connectivity index (χ4v) is 5.61. The highest BCUT2D eigenvalue weighted by molar-refractivity contribution is 6.35. The SMILES string of the molecule is COc1ccc2ccc3ccc4ccc5ccc6ccc7c(OC)cccc7c6c5c4c3c2c1. The molecule has 2 heteroatoms. The fraction of sp³-hybridized carbons (Fsp3) is 0.0625. The summed E-state index contributed by atoms with van der Waals surface area (Å²) in [6.45, 7) is 0. The van der Waals surface area contributed by atoms with Gasteiger partial charge >= 0.3 is 0 Å². The van der Waals surface area contributed by atoms with E-state index in [2.05, 4.69) is 84.9 Å². The minimum absolute atomic E-state index is 0.872. The van der Waals surface area contributed by atoms with Gasteiger partial charge in [-0.15, -0.1) is 0 Å². The van der Waals surface area contributed by atoms with Crippen LogP contribution in [0.2, 0.25) is 0 Å². The number of rotatable bonds is 2. The number of ether oxygens (including phenoxy) is 2. The second-order valence-corrected chi connectivity index (χ2v) is 8.86. The predicted octanol–water partition coefficient (Wildman–Crippen LogP) is 8.62. The average Bonchev–Trinajstić information content (AvgIpc) is 2.90. The van der Waals surface area contributed by atoms with Gasteiger partial charge in [-0.1, -0.05) is 78.9 Å². The van der Waals surface area contributed by atoms with Crippen molar-refractivity contribution >= 4 is 64.6 Å². The summed E-state index contributed by atoms with van der Waals surface area (Å²) in [5.41, 5.74) is 0. The summed E-state index contributed by atoms with van der Waals surface area (Å²) in [6, 6.07) is 34.9. The standard InChI is InChI=1S/C32H22O2/c1-33-24-16-14-19-6-7-20-8-10-23-13-12-22-11-9-21-15-17-25-26(4-3-5-28(25)34-2)29(21)31(22)32(23)30(20)27(19)18-24/h3-18H,1-2H3. The molecule has 0 saturated heterocycles. The molecular weight excluding hydrogens is 416 g/mol. The third-order valence-electron chi connectivity index (χ3n) is 7.19. The summed E-state index contributed by atoms with van der Waals surface area (Å²) in [6.07, 6.45) is 0. The number of hydrogen-bond acceptors (Lipinski definition) is 2. The van der Waals surface area contributed by atoms with Gasteiger partial charge in [0.15, 0.2) is 0 Å². The number of methoxy groups -OCH3 is 2. The molecule has 0 bridgehead atoms. The molecule has 0 amide bonds. The van der Waals surface area contributed by atoms with Gasteiger partial charge in [0.05, 0.1) is 14.2 Å². The van der Waals surface area contributed by atoms with Gasteiger partial charge in [0.1, 0.15) is 11.5 Å². The lowest BCUT2D eigenvalue weighted by Crippen LogP contribution is -1.89. The number of hydrogen-bond donors (Lipinski definition) is 0. The van der Waals surface area contributed by atoms with Crippen LogP contribution in [0.1, 0.15) is 0 Å². The molecule has 0 spiro atoms. The van der Waals surface area contributed by atoms with Crippen molar-refractivity contribution in [3.05, 3.63) is 97.1 Å². The van der Waals surface area contributed by atoms with Crippen LogP contribution in [-0.2, 0) is 0 Å². The van der Waals surface area contributed by atoms with E-state index < -0.39 is 0 Å². The molecule has 0 atom stereocenters. The highest BCUT2D eigenvalue weighted by Gasteiger charge is 2.14. The van der Waals surface area contributed by atoms with E-state index in [1.807, 2.05) is 12.1 Å². The van der Waals surface area contributed by atoms with Crippen LogP contribution >= 0.6 is 0 Å². The van der Waals surface area contributed by atoms with Crippen molar-refractivity contribution in [2.45, 2.75) is 0 Å². The van der Waals surface area contributed by atoms with Crippen molar-refractivity contribution in [1.82, 2.24) is 0 Å². The summed E-state index contributed by atoms with van der Waals surface area (Å²) in [4.78, 5) is 0. The zero-order chi connectivity index (χ0) is 22.8. The molecule has 0 fully saturated rings. The lowest BCUT2D eigenvalue weighted by molar-refractivity contribution is 0.415. The van der Waals surface area contributed by atoms with E-state index in [4.69, 9.17) is 9.47 Å². The lowest BCUT2D eigenvalue weighted by Gasteiger charge is -2.15. The molecule has 34 heavy (non-hydrogen) atoms. The van der Waals surface area contributed by atoms with Gasteiger partial charge in [-0.3, -0.25) is 0 Å². The van der Waals surface area contributed by atoms with Crippen LogP contribution in [0.4, 0.5) is 0 Å². The number of fused-ring (bicyclic) bond motifs is 11. The van der Waals surface area contributed by atoms with E-state index in [0.29, 0.717) is 0 Å². The monoisotopic (exact) mass is 438 g/mol. The molecule has 0 aliphatic heterocycles. The van der Waals surface area contributed by atoms with E-state index in [-0.39, 0.29) is 0 Å².